The number of hydrogen-bond donors (Lipinski definition) is 1. The minimum Gasteiger partial charge on any atom is -0.387 e. The van der Waals surface area contributed by atoms with Crippen molar-refractivity contribution in [3.63, 3.8) is 0 Å². The molecule has 1 N–H and O–H groups in total. The van der Waals surface area contributed by atoms with Crippen LogP contribution in [0.5, 0.6) is 0 Å². The number of hydrogen-bond acceptors (Lipinski definition) is 3. The topological polar surface area (TPSA) is 50.9 Å². The molecule has 1 aromatic carbocycles. The van der Waals surface area contributed by atoms with Gasteiger partial charge in [-0.3, -0.25) is 0 Å². The number of nitrogens with zero attached hydrogens (tertiary/aromatic N) is 3. The van der Waals surface area contributed by atoms with Gasteiger partial charge < -0.3 is 5.11 Å². The summed E-state index contributed by atoms with van der Waals surface area (Å²) in [6, 6.07) is 9.76. The molecule has 0 saturated heterocycles. The quantitative estimate of drug-likeness (QED) is 0.708. The van der Waals surface area contributed by atoms with Crippen LogP contribution >= 0.6 is 0 Å². The van der Waals surface area contributed by atoms with Crippen LogP contribution in [0.25, 0.3) is 5.69 Å². The highest BCUT2D eigenvalue weighted by Crippen LogP contribution is 2.18. The predicted octanol–water partition coefficient (Wildman–Crippen LogP) is 4.05. The molecule has 0 radical (unpaired) electrons. The Morgan fingerprint density at radius 2 is 1.76 bits per heavy atom. The van der Waals surface area contributed by atoms with Crippen molar-refractivity contribution in [1.29, 1.82) is 0 Å². The summed E-state index contributed by atoms with van der Waals surface area (Å²) >= 11 is 0. The number of benzene rings is 1. The molecular weight excluding hydrogens is 262 g/mol. The fraction of sp³-hybridized carbons (Fsp3) is 0.529. The zero-order valence-corrected chi connectivity index (χ0v) is 12.8. The molecule has 4 heteroatoms. The van der Waals surface area contributed by atoms with E-state index in [-0.39, 0.29) is 0 Å². The SMILES string of the molecule is CCCCCCCCC(O)c1cnn(-c2ccccc2)n1. The zero-order chi connectivity index (χ0) is 14.9. The van der Waals surface area contributed by atoms with E-state index in [2.05, 4.69) is 17.1 Å². The molecule has 1 heterocycles. The van der Waals surface area contributed by atoms with Crippen molar-refractivity contribution in [2.45, 2.75) is 58.0 Å². The van der Waals surface area contributed by atoms with E-state index in [0.29, 0.717) is 5.69 Å². The second kappa shape index (κ2) is 8.57. The van der Waals surface area contributed by atoms with Crippen molar-refractivity contribution in [2.75, 3.05) is 0 Å². The Morgan fingerprint density at radius 3 is 2.52 bits per heavy atom. The molecule has 0 amide bonds. The van der Waals surface area contributed by atoms with Crippen molar-refractivity contribution in [2.24, 2.45) is 0 Å². The first-order valence-corrected chi connectivity index (χ1v) is 7.97. The lowest BCUT2D eigenvalue weighted by molar-refractivity contribution is 0.158. The highest BCUT2D eigenvalue weighted by molar-refractivity contribution is 5.28. The normalized spacial score (nSPS) is 12.5. The summed E-state index contributed by atoms with van der Waals surface area (Å²) in [5.41, 5.74) is 1.57. The van der Waals surface area contributed by atoms with E-state index in [1.54, 1.807) is 11.0 Å². The third-order valence-electron chi connectivity index (χ3n) is 3.67. The molecule has 0 aliphatic carbocycles. The summed E-state index contributed by atoms with van der Waals surface area (Å²) in [7, 11) is 0. The molecule has 0 aliphatic rings. The molecule has 1 aromatic heterocycles. The first kappa shape index (κ1) is 15.7. The maximum Gasteiger partial charge on any atom is 0.112 e. The van der Waals surface area contributed by atoms with E-state index in [1.807, 2.05) is 30.3 Å². The van der Waals surface area contributed by atoms with Crippen molar-refractivity contribution < 1.29 is 5.11 Å². The standard InChI is InChI=1S/C17H25N3O/c1-2-3-4-5-6-10-13-17(21)16-14-18-20(19-16)15-11-8-7-9-12-15/h7-9,11-12,14,17,21H,2-6,10,13H2,1H3. The molecule has 0 aliphatic heterocycles. The van der Waals surface area contributed by atoms with Gasteiger partial charge in [0.2, 0.25) is 0 Å². The Bertz CT molecular complexity index is 510. The molecule has 0 fully saturated rings. The number of para-hydroxylation sites is 1. The van der Waals surface area contributed by atoms with Gasteiger partial charge in [0.15, 0.2) is 0 Å². The maximum atomic E-state index is 10.2. The second-order valence-electron chi connectivity index (χ2n) is 5.47. The van der Waals surface area contributed by atoms with Crippen LogP contribution in [-0.2, 0) is 0 Å². The summed E-state index contributed by atoms with van der Waals surface area (Å²) < 4.78 is 0. The monoisotopic (exact) mass is 287 g/mol. The van der Waals surface area contributed by atoms with E-state index in [4.69, 9.17) is 0 Å². The lowest BCUT2D eigenvalue weighted by Crippen LogP contribution is -2.02. The number of aromatic nitrogens is 3. The van der Waals surface area contributed by atoms with Gasteiger partial charge in [0.1, 0.15) is 5.69 Å². The van der Waals surface area contributed by atoms with Gasteiger partial charge in [-0.15, -0.1) is 0 Å². The fourth-order valence-corrected chi connectivity index (χ4v) is 2.38. The van der Waals surface area contributed by atoms with Crippen LogP contribution in [0.3, 0.4) is 0 Å². The van der Waals surface area contributed by atoms with Crippen molar-refractivity contribution >= 4 is 0 Å². The van der Waals surface area contributed by atoms with E-state index in [9.17, 15) is 5.11 Å². The van der Waals surface area contributed by atoms with Crippen LogP contribution in [0.15, 0.2) is 36.5 Å². The Balaban J connectivity index is 1.78. The van der Waals surface area contributed by atoms with Crippen molar-refractivity contribution in [3.8, 4) is 5.69 Å². The van der Waals surface area contributed by atoms with Gasteiger partial charge >= 0.3 is 0 Å². The highest BCUT2D eigenvalue weighted by Gasteiger charge is 2.12. The Morgan fingerprint density at radius 1 is 1.05 bits per heavy atom. The molecule has 4 nitrogen and oxygen atoms in total. The van der Waals surface area contributed by atoms with Crippen LogP contribution in [0.1, 0.15) is 63.7 Å². The van der Waals surface area contributed by atoms with Gasteiger partial charge in [0, 0.05) is 0 Å². The van der Waals surface area contributed by atoms with Gasteiger partial charge in [0.05, 0.1) is 18.0 Å². The van der Waals surface area contributed by atoms with E-state index in [1.165, 1.54) is 32.1 Å². The van der Waals surface area contributed by atoms with Crippen LogP contribution in [0.2, 0.25) is 0 Å². The molecule has 0 bridgehead atoms. The molecule has 1 unspecified atom stereocenters. The average molecular weight is 287 g/mol. The van der Waals surface area contributed by atoms with Gasteiger partial charge in [0.25, 0.3) is 0 Å². The van der Waals surface area contributed by atoms with E-state index < -0.39 is 6.10 Å². The molecule has 2 rings (SSSR count). The highest BCUT2D eigenvalue weighted by atomic mass is 16.3. The molecule has 114 valence electrons. The Hall–Kier alpha value is -1.68. The third kappa shape index (κ3) is 4.97. The second-order valence-corrected chi connectivity index (χ2v) is 5.47. The van der Waals surface area contributed by atoms with Crippen LogP contribution in [-0.4, -0.2) is 20.1 Å². The van der Waals surface area contributed by atoms with Gasteiger partial charge in [-0.05, 0) is 18.6 Å². The number of aliphatic hydroxyl groups excluding tert-OH is 1. The lowest BCUT2D eigenvalue weighted by atomic mass is 10.1. The molecule has 1 atom stereocenters. The summed E-state index contributed by atoms with van der Waals surface area (Å²) in [6.45, 7) is 2.22. The zero-order valence-electron chi connectivity index (χ0n) is 12.8. The Labute approximate surface area is 126 Å². The first-order valence-electron chi connectivity index (χ1n) is 7.97. The lowest BCUT2D eigenvalue weighted by Gasteiger charge is -2.06. The third-order valence-corrected chi connectivity index (χ3v) is 3.67. The summed E-state index contributed by atoms with van der Waals surface area (Å²) in [5, 5.41) is 18.8. The minimum absolute atomic E-state index is 0.506. The van der Waals surface area contributed by atoms with E-state index in [0.717, 1.165) is 18.5 Å². The van der Waals surface area contributed by atoms with Gasteiger partial charge in [-0.25, -0.2) is 0 Å². The van der Waals surface area contributed by atoms with Crippen molar-refractivity contribution in [3.05, 3.63) is 42.2 Å². The van der Waals surface area contributed by atoms with Crippen LogP contribution in [0.4, 0.5) is 0 Å². The smallest absolute Gasteiger partial charge is 0.112 e. The number of unbranched alkanes of at least 4 members (excludes halogenated alkanes) is 5. The Kier molecular flexibility index (Phi) is 6.41. The molecule has 0 saturated carbocycles. The molecule has 21 heavy (non-hydrogen) atoms. The van der Waals surface area contributed by atoms with Crippen molar-refractivity contribution in [1.82, 2.24) is 15.0 Å². The van der Waals surface area contributed by atoms with Gasteiger partial charge in [-0.2, -0.15) is 15.0 Å². The number of rotatable bonds is 9. The maximum absolute atomic E-state index is 10.2. The summed E-state index contributed by atoms with van der Waals surface area (Å²) in [6.07, 6.45) is 9.29. The van der Waals surface area contributed by atoms with Crippen LogP contribution in [0, 0.1) is 0 Å². The molecular formula is C17H25N3O. The first-order chi connectivity index (χ1) is 10.3. The van der Waals surface area contributed by atoms with Crippen LogP contribution < -0.4 is 0 Å². The summed E-state index contributed by atoms with van der Waals surface area (Å²) in [4.78, 5) is 1.57. The summed E-state index contributed by atoms with van der Waals surface area (Å²) in [5.74, 6) is 0. The number of aliphatic hydroxyl groups is 1. The largest absolute Gasteiger partial charge is 0.387 e. The fourth-order valence-electron chi connectivity index (χ4n) is 2.38. The van der Waals surface area contributed by atoms with E-state index >= 15 is 0 Å². The molecule has 2 aromatic rings. The van der Waals surface area contributed by atoms with Gasteiger partial charge in [-0.1, -0.05) is 63.6 Å². The average Bonchev–Trinajstić information content (AvgIpc) is 3.01. The predicted molar refractivity (Wildman–Crippen MR) is 84.3 cm³/mol. The minimum atomic E-state index is -0.506. The molecule has 0 spiro atoms.